The molecule has 2 aromatic heterocycles. The number of nitrogens with one attached hydrogen (secondary N) is 1. The third-order valence-corrected chi connectivity index (χ3v) is 3.03. The van der Waals surface area contributed by atoms with E-state index in [0.29, 0.717) is 22.9 Å². The molecule has 2 rings (SSSR count). The normalized spacial score (nSPS) is 10.7. The molecule has 0 aromatic carbocycles. The van der Waals surface area contributed by atoms with Crippen LogP contribution in [0.3, 0.4) is 0 Å². The van der Waals surface area contributed by atoms with E-state index >= 15 is 0 Å². The summed E-state index contributed by atoms with van der Waals surface area (Å²) in [6.45, 7) is 3.79. The molecule has 0 aliphatic heterocycles. The first-order chi connectivity index (χ1) is 8.93. The average molecular weight is 262 g/mol. The molecule has 0 fully saturated rings. The fraction of sp³-hybridized carbons (Fsp3) is 0.417. The van der Waals surface area contributed by atoms with Gasteiger partial charge in [-0.3, -0.25) is 14.2 Å². The SMILES string of the molecule is CCc1cc(C(=O)Nc2c(N)c(C)nn2C)n(C)n1. The summed E-state index contributed by atoms with van der Waals surface area (Å²) in [5, 5.41) is 11.2. The fourth-order valence-electron chi connectivity index (χ4n) is 1.91. The summed E-state index contributed by atoms with van der Waals surface area (Å²) in [5.74, 6) is 0.256. The Labute approximate surface area is 111 Å². The van der Waals surface area contributed by atoms with Crippen molar-refractivity contribution in [1.29, 1.82) is 0 Å². The van der Waals surface area contributed by atoms with Crippen molar-refractivity contribution in [3.05, 3.63) is 23.1 Å². The van der Waals surface area contributed by atoms with Crippen molar-refractivity contribution >= 4 is 17.4 Å². The van der Waals surface area contributed by atoms with Crippen molar-refractivity contribution in [2.24, 2.45) is 14.1 Å². The summed E-state index contributed by atoms with van der Waals surface area (Å²) in [4.78, 5) is 12.2. The van der Waals surface area contributed by atoms with Gasteiger partial charge in [0, 0.05) is 14.1 Å². The Morgan fingerprint density at radius 1 is 1.37 bits per heavy atom. The lowest BCUT2D eigenvalue weighted by Crippen LogP contribution is -2.18. The molecule has 0 atom stereocenters. The van der Waals surface area contributed by atoms with Crippen molar-refractivity contribution < 1.29 is 4.79 Å². The van der Waals surface area contributed by atoms with Gasteiger partial charge in [0.25, 0.3) is 5.91 Å². The topological polar surface area (TPSA) is 90.8 Å². The van der Waals surface area contributed by atoms with Crippen molar-refractivity contribution in [3.8, 4) is 0 Å². The molecule has 19 heavy (non-hydrogen) atoms. The van der Waals surface area contributed by atoms with Crippen LogP contribution in [0.25, 0.3) is 0 Å². The number of aryl methyl sites for hydroxylation is 4. The van der Waals surface area contributed by atoms with Crippen LogP contribution in [-0.4, -0.2) is 25.5 Å². The van der Waals surface area contributed by atoms with E-state index in [1.165, 1.54) is 0 Å². The summed E-state index contributed by atoms with van der Waals surface area (Å²) >= 11 is 0. The van der Waals surface area contributed by atoms with Crippen molar-refractivity contribution in [1.82, 2.24) is 19.6 Å². The van der Waals surface area contributed by atoms with Crippen LogP contribution in [-0.2, 0) is 20.5 Å². The van der Waals surface area contributed by atoms with E-state index in [2.05, 4.69) is 15.5 Å². The minimum absolute atomic E-state index is 0.246. The highest BCUT2D eigenvalue weighted by atomic mass is 16.2. The number of amides is 1. The van der Waals surface area contributed by atoms with Gasteiger partial charge in [-0.05, 0) is 19.4 Å². The number of nitrogens with zero attached hydrogens (tertiary/aromatic N) is 4. The Bertz CT molecular complexity index is 624. The lowest BCUT2D eigenvalue weighted by Gasteiger charge is -2.06. The average Bonchev–Trinajstić information content (AvgIpc) is 2.85. The molecule has 0 saturated heterocycles. The maximum atomic E-state index is 12.2. The number of aromatic nitrogens is 4. The molecule has 102 valence electrons. The summed E-state index contributed by atoms with van der Waals surface area (Å²) in [7, 11) is 3.48. The fourth-order valence-corrected chi connectivity index (χ4v) is 1.91. The van der Waals surface area contributed by atoms with Gasteiger partial charge in [0.2, 0.25) is 0 Å². The number of nitrogen functional groups attached to an aromatic ring is 1. The Kier molecular flexibility index (Phi) is 3.28. The molecule has 1 amide bonds. The van der Waals surface area contributed by atoms with Crippen LogP contribution >= 0.6 is 0 Å². The highest BCUT2D eigenvalue weighted by Gasteiger charge is 2.17. The zero-order chi connectivity index (χ0) is 14.2. The van der Waals surface area contributed by atoms with Gasteiger partial charge in [0.05, 0.1) is 17.1 Å². The lowest BCUT2D eigenvalue weighted by atomic mass is 10.3. The van der Waals surface area contributed by atoms with Crippen molar-refractivity contribution in [2.45, 2.75) is 20.3 Å². The Morgan fingerprint density at radius 3 is 2.53 bits per heavy atom. The second-order valence-electron chi connectivity index (χ2n) is 4.42. The molecule has 7 nitrogen and oxygen atoms in total. The number of anilines is 2. The van der Waals surface area contributed by atoms with E-state index in [-0.39, 0.29) is 5.91 Å². The summed E-state index contributed by atoms with van der Waals surface area (Å²) in [6.07, 6.45) is 0.786. The van der Waals surface area contributed by atoms with E-state index in [1.807, 2.05) is 6.92 Å². The highest BCUT2D eigenvalue weighted by Crippen LogP contribution is 2.21. The maximum absolute atomic E-state index is 12.2. The van der Waals surface area contributed by atoms with E-state index in [4.69, 9.17) is 5.73 Å². The molecule has 7 heteroatoms. The van der Waals surface area contributed by atoms with Gasteiger partial charge in [0.1, 0.15) is 5.69 Å². The third-order valence-electron chi connectivity index (χ3n) is 3.03. The molecule has 3 N–H and O–H groups in total. The number of rotatable bonds is 3. The number of carbonyl (C=O) groups is 1. The summed E-state index contributed by atoms with van der Waals surface area (Å²) in [5.41, 5.74) is 8.42. The smallest absolute Gasteiger partial charge is 0.275 e. The van der Waals surface area contributed by atoms with E-state index < -0.39 is 0 Å². The van der Waals surface area contributed by atoms with Gasteiger partial charge < -0.3 is 11.1 Å². The van der Waals surface area contributed by atoms with E-state index in [1.54, 1.807) is 36.4 Å². The maximum Gasteiger partial charge on any atom is 0.275 e. The molecule has 0 aliphatic rings. The highest BCUT2D eigenvalue weighted by molar-refractivity contribution is 6.04. The van der Waals surface area contributed by atoms with Crippen molar-refractivity contribution in [3.63, 3.8) is 0 Å². The third kappa shape index (κ3) is 2.31. The van der Waals surface area contributed by atoms with E-state index in [0.717, 1.165) is 12.1 Å². The minimum Gasteiger partial charge on any atom is -0.394 e. The standard InChI is InChI=1S/C12H18N6O/c1-5-8-6-9(17(3)16-8)12(19)14-11-10(13)7(2)15-18(11)4/h6H,5,13H2,1-4H3,(H,14,19). The molecule has 0 bridgehead atoms. The number of nitrogens with two attached hydrogens (primary N) is 1. The Morgan fingerprint density at radius 2 is 2.05 bits per heavy atom. The van der Waals surface area contributed by atoms with Crippen LogP contribution in [0.1, 0.15) is 28.8 Å². The molecular formula is C12H18N6O. The van der Waals surface area contributed by atoms with Gasteiger partial charge in [-0.15, -0.1) is 0 Å². The first-order valence-electron chi connectivity index (χ1n) is 6.07. The number of hydrogen-bond donors (Lipinski definition) is 2. The quantitative estimate of drug-likeness (QED) is 0.858. The van der Waals surface area contributed by atoms with Crippen LogP contribution < -0.4 is 11.1 Å². The number of hydrogen-bond acceptors (Lipinski definition) is 4. The van der Waals surface area contributed by atoms with Gasteiger partial charge in [-0.1, -0.05) is 6.92 Å². The van der Waals surface area contributed by atoms with Crippen LogP contribution in [0.4, 0.5) is 11.5 Å². The monoisotopic (exact) mass is 262 g/mol. The molecule has 0 unspecified atom stereocenters. The first kappa shape index (κ1) is 13.1. The molecule has 2 aromatic rings. The lowest BCUT2D eigenvalue weighted by molar-refractivity contribution is 0.101. The predicted octanol–water partition coefficient (Wildman–Crippen LogP) is 0.859. The van der Waals surface area contributed by atoms with Gasteiger partial charge in [0.15, 0.2) is 5.82 Å². The number of carbonyl (C=O) groups excluding carboxylic acids is 1. The molecular weight excluding hydrogens is 244 g/mol. The predicted molar refractivity (Wildman–Crippen MR) is 72.9 cm³/mol. The van der Waals surface area contributed by atoms with Crippen molar-refractivity contribution in [2.75, 3.05) is 11.1 Å². The Hall–Kier alpha value is -2.31. The minimum atomic E-state index is -0.246. The summed E-state index contributed by atoms with van der Waals surface area (Å²) in [6, 6.07) is 1.77. The Balaban J connectivity index is 2.28. The zero-order valence-corrected chi connectivity index (χ0v) is 11.6. The second-order valence-corrected chi connectivity index (χ2v) is 4.42. The molecule has 0 aliphatic carbocycles. The van der Waals surface area contributed by atoms with Crippen LogP contribution in [0, 0.1) is 6.92 Å². The second kappa shape index (κ2) is 4.75. The van der Waals surface area contributed by atoms with Crippen LogP contribution in [0.2, 0.25) is 0 Å². The van der Waals surface area contributed by atoms with Gasteiger partial charge in [-0.25, -0.2) is 0 Å². The zero-order valence-electron chi connectivity index (χ0n) is 11.6. The van der Waals surface area contributed by atoms with Gasteiger partial charge in [-0.2, -0.15) is 10.2 Å². The summed E-state index contributed by atoms with van der Waals surface area (Å²) < 4.78 is 3.12. The van der Waals surface area contributed by atoms with Crippen LogP contribution in [0.15, 0.2) is 6.07 Å². The molecule has 2 heterocycles. The largest absolute Gasteiger partial charge is 0.394 e. The molecule has 0 radical (unpaired) electrons. The van der Waals surface area contributed by atoms with Crippen LogP contribution in [0.5, 0.6) is 0 Å². The molecule has 0 spiro atoms. The van der Waals surface area contributed by atoms with E-state index in [9.17, 15) is 4.79 Å². The molecule has 0 saturated carbocycles. The first-order valence-corrected chi connectivity index (χ1v) is 6.07. The van der Waals surface area contributed by atoms with Gasteiger partial charge >= 0.3 is 0 Å².